The summed E-state index contributed by atoms with van der Waals surface area (Å²) in [6, 6.07) is 7.62. The Hall–Kier alpha value is -2.17. The maximum absolute atomic E-state index is 5.86. The van der Waals surface area contributed by atoms with Gasteiger partial charge in [-0.1, -0.05) is 0 Å². The van der Waals surface area contributed by atoms with Gasteiger partial charge in [0.25, 0.3) is 0 Å². The number of ether oxygens (including phenoxy) is 2. The molecule has 0 aliphatic carbocycles. The molecule has 19 heavy (non-hydrogen) atoms. The number of methoxy groups -OCH3 is 1. The van der Waals surface area contributed by atoms with Gasteiger partial charge in [-0.25, -0.2) is 0 Å². The smallest absolute Gasteiger partial charge is 0.146 e. The van der Waals surface area contributed by atoms with Crippen molar-refractivity contribution in [2.24, 2.45) is 0 Å². The summed E-state index contributed by atoms with van der Waals surface area (Å²) in [6.07, 6.45) is 1.94. The largest absolute Gasteiger partial charge is 0.497 e. The molecule has 0 aliphatic heterocycles. The number of benzene rings is 1. The second kappa shape index (κ2) is 5.65. The number of rotatable bonds is 5. The maximum atomic E-state index is 5.86. The van der Waals surface area contributed by atoms with E-state index in [1.165, 1.54) is 0 Å². The number of nitrogen functional groups attached to an aromatic ring is 1. The first-order valence-corrected chi connectivity index (χ1v) is 6.20. The summed E-state index contributed by atoms with van der Waals surface area (Å²) >= 11 is 0. The number of hydrogen-bond donors (Lipinski definition) is 1. The molecular formula is C14H19N3O2. The molecule has 0 atom stereocenters. The zero-order chi connectivity index (χ0) is 13.8. The van der Waals surface area contributed by atoms with Crippen LogP contribution in [0.2, 0.25) is 0 Å². The van der Waals surface area contributed by atoms with Crippen LogP contribution in [0.3, 0.4) is 0 Å². The average molecular weight is 261 g/mol. The molecule has 0 aliphatic rings. The Kier molecular flexibility index (Phi) is 3.94. The van der Waals surface area contributed by atoms with Crippen LogP contribution >= 0.6 is 0 Å². The molecule has 0 saturated heterocycles. The predicted octanol–water partition coefficient (Wildman–Crippen LogP) is 2.63. The molecule has 0 radical (unpaired) electrons. The second-order valence-corrected chi connectivity index (χ2v) is 4.57. The van der Waals surface area contributed by atoms with Gasteiger partial charge in [0, 0.05) is 18.3 Å². The zero-order valence-corrected chi connectivity index (χ0v) is 11.5. The van der Waals surface area contributed by atoms with E-state index in [0.717, 1.165) is 11.4 Å². The molecule has 2 rings (SSSR count). The van der Waals surface area contributed by atoms with Crippen molar-refractivity contribution in [3.05, 3.63) is 36.2 Å². The van der Waals surface area contributed by atoms with Crippen molar-refractivity contribution in [3.8, 4) is 11.5 Å². The summed E-state index contributed by atoms with van der Waals surface area (Å²) in [5.74, 6) is 1.33. The minimum Gasteiger partial charge on any atom is -0.497 e. The van der Waals surface area contributed by atoms with Crippen LogP contribution in [0.25, 0.3) is 0 Å². The standard InChI is InChI=1S/C14H19N3O2/c1-10(2)17-7-6-11(16-17)9-19-14-8-12(18-3)4-5-13(14)15/h4-8,10H,9,15H2,1-3H3. The van der Waals surface area contributed by atoms with Crippen LogP contribution in [0.1, 0.15) is 25.6 Å². The quantitative estimate of drug-likeness (QED) is 0.840. The Balaban J connectivity index is 2.05. The van der Waals surface area contributed by atoms with E-state index < -0.39 is 0 Å². The fraction of sp³-hybridized carbons (Fsp3) is 0.357. The van der Waals surface area contributed by atoms with E-state index in [0.29, 0.717) is 24.1 Å². The first kappa shape index (κ1) is 13.3. The molecule has 102 valence electrons. The molecule has 1 aromatic carbocycles. The molecule has 0 amide bonds. The summed E-state index contributed by atoms with van der Waals surface area (Å²) in [5.41, 5.74) is 7.31. The lowest BCUT2D eigenvalue weighted by Crippen LogP contribution is -2.04. The van der Waals surface area contributed by atoms with Crippen molar-refractivity contribution < 1.29 is 9.47 Å². The van der Waals surface area contributed by atoms with Gasteiger partial charge in [0.05, 0.1) is 18.5 Å². The highest BCUT2D eigenvalue weighted by atomic mass is 16.5. The number of nitrogens with two attached hydrogens (primary N) is 1. The van der Waals surface area contributed by atoms with E-state index >= 15 is 0 Å². The number of aromatic nitrogens is 2. The van der Waals surface area contributed by atoms with E-state index in [9.17, 15) is 0 Å². The molecule has 2 aromatic rings. The molecule has 5 heteroatoms. The number of hydrogen-bond acceptors (Lipinski definition) is 4. The third kappa shape index (κ3) is 3.19. The molecule has 0 bridgehead atoms. The van der Waals surface area contributed by atoms with Crippen molar-refractivity contribution in [2.45, 2.75) is 26.5 Å². The Morgan fingerprint density at radius 1 is 1.32 bits per heavy atom. The van der Waals surface area contributed by atoms with Crippen LogP contribution in [-0.4, -0.2) is 16.9 Å². The van der Waals surface area contributed by atoms with Crippen LogP contribution in [-0.2, 0) is 6.61 Å². The summed E-state index contributed by atoms with van der Waals surface area (Å²) < 4.78 is 12.7. The van der Waals surface area contributed by atoms with Gasteiger partial charge in [0.15, 0.2) is 0 Å². The summed E-state index contributed by atoms with van der Waals surface area (Å²) in [7, 11) is 1.61. The summed E-state index contributed by atoms with van der Waals surface area (Å²) in [5, 5.41) is 4.42. The molecule has 0 saturated carbocycles. The van der Waals surface area contributed by atoms with Crippen LogP contribution in [0.4, 0.5) is 5.69 Å². The van der Waals surface area contributed by atoms with Gasteiger partial charge >= 0.3 is 0 Å². The molecule has 0 spiro atoms. The molecule has 2 N–H and O–H groups in total. The Labute approximate surface area is 112 Å². The maximum Gasteiger partial charge on any atom is 0.146 e. The van der Waals surface area contributed by atoms with E-state index in [1.807, 2.05) is 16.9 Å². The van der Waals surface area contributed by atoms with Gasteiger partial charge in [0.1, 0.15) is 18.1 Å². The third-order valence-electron chi connectivity index (χ3n) is 2.79. The normalized spacial score (nSPS) is 10.7. The summed E-state index contributed by atoms with van der Waals surface area (Å²) in [4.78, 5) is 0. The van der Waals surface area contributed by atoms with Gasteiger partial charge < -0.3 is 15.2 Å². The monoisotopic (exact) mass is 261 g/mol. The zero-order valence-electron chi connectivity index (χ0n) is 11.5. The topological polar surface area (TPSA) is 62.3 Å². The first-order chi connectivity index (χ1) is 9.10. The fourth-order valence-electron chi connectivity index (χ4n) is 1.66. The van der Waals surface area contributed by atoms with E-state index in [4.69, 9.17) is 15.2 Å². The van der Waals surface area contributed by atoms with Crippen LogP contribution in [0.5, 0.6) is 11.5 Å². The lowest BCUT2D eigenvalue weighted by atomic mass is 10.3. The van der Waals surface area contributed by atoms with Gasteiger partial charge in [-0.3, -0.25) is 4.68 Å². The Bertz CT molecular complexity index is 549. The molecule has 1 aromatic heterocycles. The van der Waals surface area contributed by atoms with Crippen LogP contribution in [0, 0.1) is 0 Å². The highest BCUT2D eigenvalue weighted by Gasteiger charge is 2.06. The number of anilines is 1. The van der Waals surface area contributed by atoms with Crippen molar-refractivity contribution in [2.75, 3.05) is 12.8 Å². The minimum atomic E-state index is 0.343. The van der Waals surface area contributed by atoms with Gasteiger partial charge in [-0.15, -0.1) is 0 Å². The van der Waals surface area contributed by atoms with Gasteiger partial charge in [-0.2, -0.15) is 5.10 Å². The van der Waals surface area contributed by atoms with Crippen molar-refractivity contribution >= 4 is 5.69 Å². The summed E-state index contributed by atoms with van der Waals surface area (Å²) in [6.45, 7) is 4.55. The Morgan fingerprint density at radius 3 is 2.74 bits per heavy atom. The second-order valence-electron chi connectivity index (χ2n) is 4.57. The molecular weight excluding hydrogens is 242 g/mol. The van der Waals surface area contributed by atoms with Crippen molar-refractivity contribution in [1.82, 2.24) is 9.78 Å². The van der Waals surface area contributed by atoms with Crippen LogP contribution < -0.4 is 15.2 Å². The molecule has 0 fully saturated rings. The van der Waals surface area contributed by atoms with Crippen molar-refractivity contribution in [3.63, 3.8) is 0 Å². The Morgan fingerprint density at radius 2 is 2.11 bits per heavy atom. The third-order valence-corrected chi connectivity index (χ3v) is 2.79. The average Bonchev–Trinajstić information content (AvgIpc) is 2.87. The lowest BCUT2D eigenvalue weighted by molar-refractivity contribution is 0.298. The minimum absolute atomic E-state index is 0.343. The highest BCUT2D eigenvalue weighted by Crippen LogP contribution is 2.27. The SMILES string of the molecule is COc1ccc(N)c(OCc2ccn(C(C)C)n2)c1. The lowest BCUT2D eigenvalue weighted by Gasteiger charge is -2.09. The van der Waals surface area contributed by atoms with Crippen molar-refractivity contribution in [1.29, 1.82) is 0 Å². The first-order valence-electron chi connectivity index (χ1n) is 6.20. The van der Waals surface area contributed by atoms with Crippen LogP contribution in [0.15, 0.2) is 30.5 Å². The van der Waals surface area contributed by atoms with E-state index in [2.05, 4.69) is 18.9 Å². The van der Waals surface area contributed by atoms with E-state index in [-0.39, 0.29) is 0 Å². The fourth-order valence-corrected chi connectivity index (χ4v) is 1.66. The molecule has 5 nitrogen and oxygen atoms in total. The van der Waals surface area contributed by atoms with E-state index in [1.54, 1.807) is 25.3 Å². The highest BCUT2D eigenvalue weighted by molar-refractivity contribution is 5.55. The predicted molar refractivity (Wildman–Crippen MR) is 74.4 cm³/mol. The van der Waals surface area contributed by atoms with Gasteiger partial charge in [-0.05, 0) is 32.0 Å². The number of nitrogens with zero attached hydrogens (tertiary/aromatic N) is 2. The van der Waals surface area contributed by atoms with Gasteiger partial charge in [0.2, 0.25) is 0 Å². The molecule has 1 heterocycles. The molecule has 0 unspecified atom stereocenters.